The third-order valence-electron chi connectivity index (χ3n) is 8.14. The van der Waals surface area contributed by atoms with E-state index in [1.165, 1.54) is 11.1 Å². The third-order valence-corrected chi connectivity index (χ3v) is 8.14. The number of carbonyl (C=O) groups excluding carboxylic acids is 2. The summed E-state index contributed by atoms with van der Waals surface area (Å²) in [6.07, 6.45) is 4.33. The Hall–Kier alpha value is -3.10. The van der Waals surface area contributed by atoms with Gasteiger partial charge in [0.2, 0.25) is 0 Å². The average Bonchev–Trinajstić information content (AvgIpc) is 3.11. The zero-order chi connectivity index (χ0) is 26.3. The van der Waals surface area contributed by atoms with Crippen LogP contribution in [0.1, 0.15) is 83.3 Å². The summed E-state index contributed by atoms with van der Waals surface area (Å²) in [6, 6.07) is 4.46. The molecule has 2 amide bonds. The number of aliphatic carboxylic acids is 1. The number of aromatic hydroxyl groups is 1. The number of hydrazone groups is 1. The summed E-state index contributed by atoms with van der Waals surface area (Å²) in [5.41, 5.74) is 5.17. The van der Waals surface area contributed by atoms with E-state index in [0.717, 1.165) is 44.2 Å². The Labute approximate surface area is 211 Å². The second-order valence-electron chi connectivity index (χ2n) is 11.6. The molecular weight excluding hydrogens is 462 g/mol. The van der Waals surface area contributed by atoms with E-state index in [1.807, 2.05) is 6.07 Å². The van der Waals surface area contributed by atoms with Gasteiger partial charge in [-0.05, 0) is 100 Å². The number of nitrogens with one attached hydrogen (secondary N) is 2. The minimum Gasteiger partial charge on any atom is -0.508 e. The number of hydrogen-bond acceptors (Lipinski definition) is 6. The topological polar surface area (TPSA) is 137 Å². The van der Waals surface area contributed by atoms with Crippen molar-refractivity contribution in [3.8, 4) is 5.75 Å². The zero-order valence-electron chi connectivity index (χ0n) is 21.5. The lowest BCUT2D eigenvalue weighted by Gasteiger charge is -2.49. The molecule has 0 heterocycles. The number of aryl methyl sites for hydroxylation is 1. The third kappa shape index (κ3) is 5.34. The van der Waals surface area contributed by atoms with Crippen LogP contribution in [0.5, 0.6) is 5.75 Å². The van der Waals surface area contributed by atoms with Crippen molar-refractivity contribution in [3.05, 3.63) is 29.3 Å². The summed E-state index contributed by atoms with van der Waals surface area (Å²) < 4.78 is 5.17. The number of phenols is 1. The molecule has 2 saturated carbocycles. The molecule has 4 rings (SSSR count). The second kappa shape index (κ2) is 9.75. The number of carbonyl (C=O) groups is 3. The van der Waals surface area contributed by atoms with E-state index in [2.05, 4.69) is 28.8 Å². The van der Waals surface area contributed by atoms with E-state index in [-0.39, 0.29) is 5.41 Å². The minimum atomic E-state index is -1.30. The SMILES string of the molecule is CC(C)(C)OC(=O)N[C@@H](CC(=O)O)C(=O)N/N=C1/CC[C@H]2[C@@H]3CCc4cc(O)ccc4[C@H]3CC[C@]12C. The van der Waals surface area contributed by atoms with E-state index in [0.29, 0.717) is 23.5 Å². The maximum absolute atomic E-state index is 12.8. The Morgan fingerprint density at radius 2 is 1.94 bits per heavy atom. The van der Waals surface area contributed by atoms with Crippen molar-refractivity contribution >= 4 is 23.7 Å². The van der Waals surface area contributed by atoms with Crippen LogP contribution in [-0.2, 0) is 20.7 Å². The van der Waals surface area contributed by atoms with Crippen molar-refractivity contribution in [3.63, 3.8) is 0 Å². The van der Waals surface area contributed by atoms with Crippen molar-refractivity contribution in [2.75, 3.05) is 0 Å². The van der Waals surface area contributed by atoms with E-state index in [4.69, 9.17) is 4.74 Å². The Morgan fingerprint density at radius 1 is 1.19 bits per heavy atom. The summed E-state index contributed by atoms with van der Waals surface area (Å²) in [7, 11) is 0. The summed E-state index contributed by atoms with van der Waals surface area (Å²) in [5.74, 6) is -0.124. The molecule has 0 saturated heterocycles. The number of nitrogens with zero attached hydrogens (tertiary/aromatic N) is 1. The molecule has 36 heavy (non-hydrogen) atoms. The van der Waals surface area contributed by atoms with Crippen LogP contribution in [0.2, 0.25) is 0 Å². The van der Waals surface area contributed by atoms with Gasteiger partial charge < -0.3 is 20.3 Å². The fourth-order valence-corrected chi connectivity index (χ4v) is 6.58. The maximum Gasteiger partial charge on any atom is 0.408 e. The van der Waals surface area contributed by atoms with E-state index in [1.54, 1.807) is 26.8 Å². The highest BCUT2D eigenvalue weighted by molar-refractivity contribution is 5.95. The molecule has 9 nitrogen and oxygen atoms in total. The van der Waals surface area contributed by atoms with Gasteiger partial charge in [-0.2, -0.15) is 5.10 Å². The highest BCUT2D eigenvalue weighted by atomic mass is 16.6. The Morgan fingerprint density at radius 3 is 2.64 bits per heavy atom. The summed E-state index contributed by atoms with van der Waals surface area (Å²) in [4.78, 5) is 36.3. The lowest BCUT2D eigenvalue weighted by Crippen LogP contribution is -2.48. The van der Waals surface area contributed by atoms with Crippen LogP contribution in [0.4, 0.5) is 4.79 Å². The summed E-state index contributed by atoms with van der Waals surface area (Å²) in [5, 5.41) is 26.0. The van der Waals surface area contributed by atoms with Gasteiger partial charge in [0.15, 0.2) is 0 Å². The van der Waals surface area contributed by atoms with E-state index in [9.17, 15) is 24.6 Å². The van der Waals surface area contributed by atoms with Crippen molar-refractivity contribution in [1.82, 2.24) is 10.7 Å². The van der Waals surface area contributed by atoms with Crippen LogP contribution in [0, 0.1) is 17.3 Å². The largest absolute Gasteiger partial charge is 0.508 e. The van der Waals surface area contributed by atoms with Gasteiger partial charge in [0.1, 0.15) is 17.4 Å². The normalized spacial score (nSPS) is 28.9. The molecule has 0 aliphatic heterocycles. The standard InChI is InChI=1S/C27H37N3O6/c1-26(2,3)36-25(35)28-21(14-23(32)33)24(34)30-29-22-10-9-20-19-7-5-15-13-16(31)6-8-17(15)18(19)11-12-27(20,22)4/h6,8,13,18-21,31H,5,7,9-12,14H2,1-4H3,(H,28,35)(H,30,34)(H,32,33)/b29-22-/t18-,19-,20+,21+,27+/m1/s1. The van der Waals surface area contributed by atoms with Crippen LogP contribution in [-0.4, -0.2) is 45.5 Å². The first-order chi connectivity index (χ1) is 16.9. The van der Waals surface area contributed by atoms with Crippen molar-refractivity contribution in [2.24, 2.45) is 22.4 Å². The monoisotopic (exact) mass is 499 g/mol. The number of carboxylic acids is 1. The molecule has 1 aromatic carbocycles. The van der Waals surface area contributed by atoms with Gasteiger partial charge in [0.05, 0.1) is 6.42 Å². The first-order valence-corrected chi connectivity index (χ1v) is 12.8. The molecule has 3 aliphatic carbocycles. The van der Waals surface area contributed by atoms with Gasteiger partial charge in [-0.15, -0.1) is 0 Å². The van der Waals surface area contributed by atoms with Crippen LogP contribution in [0.25, 0.3) is 0 Å². The molecule has 0 radical (unpaired) electrons. The fraction of sp³-hybridized carbons (Fsp3) is 0.630. The smallest absolute Gasteiger partial charge is 0.408 e. The number of amides is 2. The van der Waals surface area contributed by atoms with Crippen molar-refractivity contribution < 1.29 is 29.3 Å². The molecule has 9 heteroatoms. The molecule has 0 spiro atoms. The molecule has 4 N–H and O–H groups in total. The van der Waals surface area contributed by atoms with Crippen molar-refractivity contribution in [2.45, 2.75) is 90.2 Å². The second-order valence-corrected chi connectivity index (χ2v) is 11.6. The molecule has 3 aliphatic rings. The lowest BCUT2D eigenvalue weighted by molar-refractivity contribution is -0.139. The number of benzene rings is 1. The van der Waals surface area contributed by atoms with Gasteiger partial charge in [-0.1, -0.05) is 13.0 Å². The molecule has 2 fully saturated rings. The Bertz CT molecular complexity index is 1080. The van der Waals surface area contributed by atoms with Crippen molar-refractivity contribution in [1.29, 1.82) is 0 Å². The van der Waals surface area contributed by atoms with Crippen LogP contribution in [0.15, 0.2) is 23.3 Å². The average molecular weight is 500 g/mol. The molecule has 196 valence electrons. The predicted octanol–water partition coefficient (Wildman–Crippen LogP) is 4.09. The number of hydrogen-bond donors (Lipinski definition) is 4. The van der Waals surface area contributed by atoms with Gasteiger partial charge in [0, 0.05) is 11.1 Å². The van der Waals surface area contributed by atoms with Crippen LogP contribution >= 0.6 is 0 Å². The van der Waals surface area contributed by atoms with Crippen LogP contribution in [0.3, 0.4) is 0 Å². The number of rotatable bonds is 5. The summed E-state index contributed by atoms with van der Waals surface area (Å²) >= 11 is 0. The molecule has 0 unspecified atom stereocenters. The quantitative estimate of drug-likeness (QED) is 0.450. The molecule has 0 aromatic heterocycles. The van der Waals surface area contributed by atoms with Gasteiger partial charge in [0.25, 0.3) is 5.91 Å². The number of phenolic OH excluding ortho intramolecular Hbond substituents is 1. The zero-order valence-corrected chi connectivity index (χ0v) is 21.5. The Balaban J connectivity index is 1.46. The molecule has 5 atom stereocenters. The van der Waals surface area contributed by atoms with Gasteiger partial charge >= 0.3 is 12.1 Å². The van der Waals surface area contributed by atoms with E-state index < -0.39 is 36.0 Å². The minimum absolute atomic E-state index is 0.135. The number of carboxylic acid groups (broad SMARTS) is 1. The highest BCUT2D eigenvalue weighted by Gasteiger charge is 2.53. The number of fused-ring (bicyclic) bond motifs is 5. The van der Waals surface area contributed by atoms with Crippen LogP contribution < -0.4 is 10.7 Å². The Kier molecular flexibility index (Phi) is 7.03. The van der Waals surface area contributed by atoms with Gasteiger partial charge in [-0.25, -0.2) is 10.2 Å². The highest BCUT2D eigenvalue weighted by Crippen LogP contribution is 2.59. The lowest BCUT2D eigenvalue weighted by atomic mass is 9.55. The fourth-order valence-electron chi connectivity index (χ4n) is 6.58. The van der Waals surface area contributed by atoms with E-state index >= 15 is 0 Å². The first kappa shape index (κ1) is 26.0. The van der Waals surface area contributed by atoms with Gasteiger partial charge in [-0.3, -0.25) is 9.59 Å². The molecule has 0 bridgehead atoms. The number of alkyl carbamates (subject to hydrolysis) is 1. The molecule has 1 aromatic rings. The predicted molar refractivity (Wildman–Crippen MR) is 134 cm³/mol. The number of ether oxygens (including phenoxy) is 1. The maximum atomic E-state index is 12.8. The summed E-state index contributed by atoms with van der Waals surface area (Å²) in [6.45, 7) is 7.29. The molecular formula is C27H37N3O6. The first-order valence-electron chi connectivity index (χ1n) is 12.8.